The molecule has 19 heavy (non-hydrogen) atoms. The van der Waals surface area contributed by atoms with Gasteiger partial charge in [0, 0.05) is 22.8 Å². The molecule has 0 fully saturated rings. The van der Waals surface area contributed by atoms with Crippen LogP contribution in [-0.4, -0.2) is 15.9 Å². The highest BCUT2D eigenvalue weighted by Crippen LogP contribution is 2.20. The van der Waals surface area contributed by atoms with E-state index in [-0.39, 0.29) is 11.9 Å². The third-order valence-electron chi connectivity index (χ3n) is 2.65. The van der Waals surface area contributed by atoms with E-state index in [9.17, 15) is 4.79 Å². The maximum atomic E-state index is 12.2. The Hall–Kier alpha value is -1.46. The van der Waals surface area contributed by atoms with Gasteiger partial charge in [-0.1, -0.05) is 18.5 Å². The van der Waals surface area contributed by atoms with Crippen molar-refractivity contribution in [1.82, 2.24) is 15.3 Å². The van der Waals surface area contributed by atoms with Crippen molar-refractivity contribution in [2.75, 3.05) is 0 Å². The fraction of sp³-hybridized carbons (Fsp3) is 0.308. The van der Waals surface area contributed by atoms with Gasteiger partial charge in [0.1, 0.15) is 10.2 Å². The molecule has 0 radical (unpaired) electrons. The molecule has 2 rings (SSSR count). The molecule has 0 saturated heterocycles. The molecule has 0 aliphatic rings. The van der Waals surface area contributed by atoms with E-state index in [2.05, 4.69) is 15.3 Å². The van der Waals surface area contributed by atoms with E-state index in [1.165, 1.54) is 11.3 Å². The number of pyridine rings is 1. The Balaban J connectivity index is 2.15. The maximum Gasteiger partial charge on any atom is 0.252 e. The van der Waals surface area contributed by atoms with Crippen LogP contribution in [0.3, 0.4) is 0 Å². The molecule has 0 aliphatic heterocycles. The average molecular weight is 296 g/mol. The number of hydrogen-bond donors (Lipinski definition) is 1. The number of carbonyl (C=O) groups excluding carboxylic acids is 1. The molecule has 0 spiro atoms. The number of aryl methyl sites for hydroxylation is 1. The van der Waals surface area contributed by atoms with Crippen molar-refractivity contribution in [3.05, 3.63) is 45.1 Å². The van der Waals surface area contributed by atoms with Gasteiger partial charge in [0.25, 0.3) is 5.91 Å². The third kappa shape index (κ3) is 3.52. The lowest BCUT2D eigenvalue weighted by atomic mass is 10.2. The van der Waals surface area contributed by atoms with E-state index in [1.54, 1.807) is 25.3 Å². The monoisotopic (exact) mass is 295 g/mol. The van der Waals surface area contributed by atoms with Gasteiger partial charge in [0.2, 0.25) is 0 Å². The van der Waals surface area contributed by atoms with Crippen LogP contribution in [0.15, 0.2) is 23.7 Å². The topological polar surface area (TPSA) is 54.9 Å². The molecular weight excluding hydrogens is 282 g/mol. The lowest BCUT2D eigenvalue weighted by molar-refractivity contribution is 0.0935. The van der Waals surface area contributed by atoms with E-state index in [1.807, 2.05) is 12.3 Å². The largest absolute Gasteiger partial charge is 0.343 e. The smallest absolute Gasteiger partial charge is 0.252 e. The van der Waals surface area contributed by atoms with Gasteiger partial charge in [-0.3, -0.25) is 4.79 Å². The molecule has 2 aromatic rings. The van der Waals surface area contributed by atoms with Gasteiger partial charge in [-0.25, -0.2) is 9.97 Å². The summed E-state index contributed by atoms with van der Waals surface area (Å²) in [6, 6.07) is 3.22. The predicted octanol–water partition coefficient (Wildman–Crippen LogP) is 3.38. The number of aromatic nitrogens is 2. The molecule has 1 N–H and O–H groups in total. The van der Waals surface area contributed by atoms with Crippen LogP contribution in [0, 0.1) is 6.92 Å². The first-order valence-electron chi connectivity index (χ1n) is 5.94. The molecule has 1 unspecified atom stereocenters. The van der Waals surface area contributed by atoms with Crippen LogP contribution in [-0.2, 0) is 0 Å². The van der Waals surface area contributed by atoms with E-state index in [0.717, 1.165) is 17.1 Å². The van der Waals surface area contributed by atoms with Crippen molar-refractivity contribution in [3.8, 4) is 0 Å². The zero-order valence-electron chi connectivity index (χ0n) is 10.7. The number of rotatable bonds is 4. The highest BCUT2D eigenvalue weighted by atomic mass is 35.5. The van der Waals surface area contributed by atoms with Gasteiger partial charge in [-0.15, -0.1) is 11.3 Å². The number of halogens is 1. The molecule has 2 heterocycles. The number of nitrogens with one attached hydrogen (secondary N) is 1. The normalized spacial score (nSPS) is 12.2. The second-order valence-corrected chi connectivity index (χ2v) is 5.44. The lowest BCUT2D eigenvalue weighted by Gasteiger charge is -2.14. The van der Waals surface area contributed by atoms with E-state index in [0.29, 0.717) is 10.7 Å². The summed E-state index contributed by atoms with van der Waals surface area (Å²) >= 11 is 7.40. The van der Waals surface area contributed by atoms with Gasteiger partial charge in [-0.2, -0.15) is 0 Å². The molecule has 1 amide bonds. The zero-order valence-corrected chi connectivity index (χ0v) is 12.3. The number of hydrogen-bond acceptors (Lipinski definition) is 4. The summed E-state index contributed by atoms with van der Waals surface area (Å²) < 4.78 is 0. The Bertz CT molecular complexity index is 551. The molecule has 0 saturated carbocycles. The van der Waals surface area contributed by atoms with Crippen LogP contribution >= 0.6 is 22.9 Å². The van der Waals surface area contributed by atoms with Crippen molar-refractivity contribution in [3.63, 3.8) is 0 Å². The van der Waals surface area contributed by atoms with Crippen molar-refractivity contribution in [2.45, 2.75) is 26.3 Å². The Morgan fingerprint density at radius 2 is 2.32 bits per heavy atom. The maximum absolute atomic E-state index is 12.2. The molecule has 0 aliphatic carbocycles. The SMILES string of the molecule is CCC(NC(=O)c1cc(C)nc(Cl)c1)c1nccs1. The molecule has 100 valence electrons. The summed E-state index contributed by atoms with van der Waals surface area (Å²) in [5.41, 5.74) is 1.24. The average Bonchev–Trinajstić information content (AvgIpc) is 2.88. The van der Waals surface area contributed by atoms with Gasteiger partial charge in [0.15, 0.2) is 0 Å². The number of thiazole rings is 1. The van der Waals surface area contributed by atoms with Crippen molar-refractivity contribution >= 4 is 28.8 Å². The predicted molar refractivity (Wildman–Crippen MR) is 76.6 cm³/mol. The standard InChI is InChI=1S/C13H14ClN3OS/c1-3-10(13-15-4-5-19-13)17-12(18)9-6-8(2)16-11(14)7-9/h4-7,10H,3H2,1-2H3,(H,17,18). The minimum absolute atomic E-state index is 0.0697. The first kappa shape index (κ1) is 14.0. The molecule has 6 heteroatoms. The fourth-order valence-corrected chi connectivity index (χ4v) is 2.77. The minimum Gasteiger partial charge on any atom is -0.343 e. The summed E-state index contributed by atoms with van der Waals surface area (Å²) in [6.07, 6.45) is 2.53. The number of carbonyl (C=O) groups is 1. The van der Waals surface area contributed by atoms with Crippen molar-refractivity contribution in [1.29, 1.82) is 0 Å². The Kier molecular flexibility index (Phi) is 4.50. The summed E-state index contributed by atoms with van der Waals surface area (Å²) in [7, 11) is 0. The molecule has 1 atom stereocenters. The van der Waals surface area contributed by atoms with Crippen molar-refractivity contribution in [2.24, 2.45) is 0 Å². The van der Waals surface area contributed by atoms with Gasteiger partial charge in [0.05, 0.1) is 6.04 Å². The molecular formula is C13H14ClN3OS. The van der Waals surface area contributed by atoms with Crippen LogP contribution in [0.4, 0.5) is 0 Å². The van der Waals surface area contributed by atoms with Gasteiger partial charge < -0.3 is 5.32 Å². The van der Waals surface area contributed by atoms with Crippen LogP contribution in [0.2, 0.25) is 5.15 Å². The van der Waals surface area contributed by atoms with E-state index >= 15 is 0 Å². The Morgan fingerprint density at radius 3 is 2.89 bits per heavy atom. The number of amides is 1. The first-order valence-corrected chi connectivity index (χ1v) is 7.20. The second kappa shape index (κ2) is 6.12. The summed E-state index contributed by atoms with van der Waals surface area (Å²) in [5, 5.41) is 6.10. The lowest BCUT2D eigenvalue weighted by Crippen LogP contribution is -2.28. The second-order valence-electron chi connectivity index (χ2n) is 4.12. The summed E-state index contributed by atoms with van der Waals surface area (Å²) in [4.78, 5) is 20.5. The molecule has 0 bridgehead atoms. The minimum atomic E-state index is -0.158. The van der Waals surface area contributed by atoms with E-state index < -0.39 is 0 Å². The number of nitrogens with zero attached hydrogens (tertiary/aromatic N) is 2. The molecule has 0 aromatic carbocycles. The van der Waals surface area contributed by atoms with Gasteiger partial charge in [-0.05, 0) is 25.5 Å². The van der Waals surface area contributed by atoms with E-state index in [4.69, 9.17) is 11.6 Å². The first-order chi connectivity index (χ1) is 9.10. The fourth-order valence-electron chi connectivity index (χ4n) is 1.75. The highest BCUT2D eigenvalue weighted by Gasteiger charge is 2.16. The quantitative estimate of drug-likeness (QED) is 0.880. The Morgan fingerprint density at radius 1 is 1.53 bits per heavy atom. The van der Waals surface area contributed by atoms with Crippen molar-refractivity contribution < 1.29 is 4.79 Å². The summed E-state index contributed by atoms with van der Waals surface area (Å²) in [6.45, 7) is 3.82. The van der Waals surface area contributed by atoms with Crippen LogP contribution < -0.4 is 5.32 Å². The molecule has 4 nitrogen and oxygen atoms in total. The molecule has 2 aromatic heterocycles. The zero-order chi connectivity index (χ0) is 13.8. The van der Waals surface area contributed by atoms with Crippen LogP contribution in [0.1, 0.15) is 40.4 Å². The Labute approximate surface area is 120 Å². The van der Waals surface area contributed by atoms with Crippen LogP contribution in [0.25, 0.3) is 0 Å². The van der Waals surface area contributed by atoms with Crippen LogP contribution in [0.5, 0.6) is 0 Å². The summed E-state index contributed by atoms with van der Waals surface area (Å²) in [5.74, 6) is -0.158. The third-order valence-corrected chi connectivity index (χ3v) is 3.73. The van der Waals surface area contributed by atoms with Gasteiger partial charge >= 0.3 is 0 Å². The highest BCUT2D eigenvalue weighted by molar-refractivity contribution is 7.09.